The van der Waals surface area contributed by atoms with E-state index in [4.69, 9.17) is 9.47 Å². The van der Waals surface area contributed by atoms with Crippen LogP contribution in [0.15, 0.2) is 89.7 Å². The minimum Gasteiger partial charge on any atom is -0.545 e. The lowest BCUT2D eigenvalue weighted by molar-refractivity contribution is -0.462. The Labute approximate surface area is 382 Å². The summed E-state index contributed by atoms with van der Waals surface area (Å²) in [6, 6.07) is 19.5. The standard InChI is InChI=1S/C51H60N6O7Si/c1-54(2)36-15-18-39-43(24-36)65(5,6)44-25-37(55(3)4)16-19-40(44)45(39)41-23-35(14-17-38(41)47(59)60)46(58)52-20-10-7-11-21-63-42-13-9-8-12-34(42)22-33-26-50(27-33)28-56(29-50)49(62)57-30-51(31-57)32-64-48(61)53-51/h8-9,12-19,23-25,33H,7,10-11,20-22,26-32H2,1-6H3,(H2-,52,53,58,59,60,61). The third kappa shape index (κ3) is 8.37. The zero-order valence-corrected chi connectivity index (χ0v) is 39.4. The van der Waals surface area contributed by atoms with Gasteiger partial charge in [-0.3, -0.25) is 4.79 Å². The number of hydrogen-bond acceptors (Lipinski definition) is 8. The van der Waals surface area contributed by atoms with Crippen LogP contribution >= 0.6 is 0 Å². The van der Waals surface area contributed by atoms with E-state index in [0.29, 0.717) is 49.9 Å². The number of carboxylic acid groups (broad SMARTS) is 1. The summed E-state index contributed by atoms with van der Waals surface area (Å²) in [4.78, 5) is 56.7. The molecule has 2 spiro atoms. The number of nitrogens with one attached hydrogen (secondary N) is 2. The highest BCUT2D eigenvalue weighted by atomic mass is 28.3. The average molecular weight is 897 g/mol. The Balaban J connectivity index is 0.774. The van der Waals surface area contributed by atoms with Gasteiger partial charge < -0.3 is 44.7 Å². The van der Waals surface area contributed by atoms with E-state index in [1.165, 1.54) is 22.0 Å². The summed E-state index contributed by atoms with van der Waals surface area (Å²) in [5.74, 6) is -0.0631. The van der Waals surface area contributed by atoms with Crippen molar-refractivity contribution in [2.24, 2.45) is 11.3 Å². The molecule has 0 unspecified atom stereocenters. The number of ether oxygens (including phenoxy) is 2. The first kappa shape index (κ1) is 44.1. The number of aromatic carboxylic acids is 1. The van der Waals surface area contributed by atoms with Crippen molar-refractivity contribution in [1.82, 2.24) is 20.4 Å². The summed E-state index contributed by atoms with van der Waals surface area (Å²) in [7, 11) is 5.83. The maximum absolute atomic E-state index is 13.7. The number of unbranched alkanes of at least 4 members (excludes halogenated alkanes) is 2. The van der Waals surface area contributed by atoms with Gasteiger partial charge in [-0.15, -0.1) is 0 Å². The quantitative estimate of drug-likeness (QED) is 0.142. The highest BCUT2D eigenvalue weighted by Crippen LogP contribution is 2.53. The smallest absolute Gasteiger partial charge is 0.407 e. The monoisotopic (exact) mass is 896 g/mol. The maximum Gasteiger partial charge on any atom is 0.407 e. The van der Waals surface area contributed by atoms with E-state index >= 15 is 0 Å². The number of anilines is 1. The Hall–Kier alpha value is -6.15. The third-order valence-corrected chi connectivity index (χ3v) is 17.9. The van der Waals surface area contributed by atoms with Crippen LogP contribution in [0.25, 0.3) is 5.57 Å². The molecule has 340 valence electrons. The molecular formula is C51H60N6O7Si. The van der Waals surface area contributed by atoms with E-state index in [0.717, 1.165) is 85.5 Å². The van der Waals surface area contributed by atoms with E-state index in [1.807, 2.05) is 45.2 Å². The Morgan fingerprint density at radius 1 is 0.954 bits per heavy atom. The van der Waals surface area contributed by atoms with Crippen molar-refractivity contribution < 1.29 is 38.3 Å². The highest BCUT2D eigenvalue weighted by molar-refractivity contribution is 6.98. The predicted molar refractivity (Wildman–Crippen MR) is 252 cm³/mol. The Morgan fingerprint density at radius 2 is 1.71 bits per heavy atom. The molecule has 0 atom stereocenters. The molecule has 2 N–H and O–H groups in total. The number of cyclic esters (lactones) is 1. The molecule has 13 nitrogen and oxygen atoms in total. The lowest BCUT2D eigenvalue weighted by atomic mass is 9.56. The maximum atomic E-state index is 13.7. The molecule has 4 aliphatic heterocycles. The number of fused-ring (bicyclic) bond motifs is 2. The number of para-hydroxylation sites is 1. The molecule has 4 heterocycles. The molecule has 0 bridgehead atoms. The Morgan fingerprint density at radius 3 is 2.42 bits per heavy atom. The molecule has 3 aromatic rings. The summed E-state index contributed by atoms with van der Waals surface area (Å²) >= 11 is 0. The largest absolute Gasteiger partial charge is 0.545 e. The van der Waals surface area contributed by atoms with Crippen LogP contribution in [0.3, 0.4) is 0 Å². The van der Waals surface area contributed by atoms with Crippen LogP contribution in [0.5, 0.6) is 5.75 Å². The van der Waals surface area contributed by atoms with Crippen LogP contribution in [0.1, 0.15) is 69.5 Å². The van der Waals surface area contributed by atoms with Crippen LogP contribution < -0.4 is 30.6 Å². The number of nitrogens with zero attached hydrogens (tertiary/aromatic N) is 4. The van der Waals surface area contributed by atoms with E-state index in [1.54, 1.807) is 17.0 Å². The minimum absolute atomic E-state index is 0.0511. The van der Waals surface area contributed by atoms with Gasteiger partial charge in [0.2, 0.25) is 0 Å². The molecule has 4 amide bonds. The van der Waals surface area contributed by atoms with Crippen LogP contribution in [-0.4, -0.2) is 132 Å². The molecule has 0 radical (unpaired) electrons. The van der Waals surface area contributed by atoms with E-state index < -0.39 is 25.7 Å². The fraction of sp³-hybridized carbons (Fsp3) is 0.431. The number of benzene rings is 3. The average Bonchev–Trinajstić information content (AvgIpc) is 3.65. The second-order valence-electron chi connectivity index (χ2n) is 20.0. The van der Waals surface area contributed by atoms with Crippen molar-refractivity contribution in [1.29, 1.82) is 0 Å². The molecule has 3 saturated heterocycles. The number of carbonyl (C=O) groups excluding carboxylic acids is 4. The van der Waals surface area contributed by atoms with E-state index in [-0.39, 0.29) is 22.9 Å². The SMILES string of the molecule is CN(C)c1ccc2c(c1)[Si](C)(C)C1=CC(=[N+](C)C)C=CC1=C2c1cc(C(=O)NCCCCCOc2ccccc2CC2CC3(C2)CN(C(=O)N2CC4(COC(=O)N4)C2)C3)ccc1C(=O)[O-]. The summed E-state index contributed by atoms with van der Waals surface area (Å²) in [5, 5.41) is 21.1. The first-order valence-corrected chi connectivity index (χ1v) is 25.9. The fourth-order valence-corrected chi connectivity index (χ4v) is 14.0. The Kier molecular flexibility index (Phi) is 11.5. The van der Waals surface area contributed by atoms with Crippen LogP contribution in [0.4, 0.5) is 15.3 Å². The van der Waals surface area contributed by atoms with Crippen LogP contribution in [0.2, 0.25) is 13.1 Å². The zero-order chi connectivity index (χ0) is 45.8. The molecule has 65 heavy (non-hydrogen) atoms. The van der Waals surface area contributed by atoms with Gasteiger partial charge in [-0.2, -0.15) is 0 Å². The van der Waals surface area contributed by atoms with Gasteiger partial charge in [0.15, 0.2) is 5.71 Å². The van der Waals surface area contributed by atoms with Crippen molar-refractivity contribution in [2.45, 2.75) is 57.2 Å². The molecule has 3 aromatic carbocycles. The molecule has 2 aliphatic carbocycles. The van der Waals surface area contributed by atoms with Gasteiger partial charge in [-0.25, -0.2) is 14.2 Å². The summed E-state index contributed by atoms with van der Waals surface area (Å²) in [6.07, 6.45) is 11.6. The predicted octanol–water partition coefficient (Wildman–Crippen LogP) is 4.74. The van der Waals surface area contributed by atoms with Crippen molar-refractivity contribution in [3.05, 3.63) is 117 Å². The molecule has 9 rings (SSSR count). The summed E-state index contributed by atoms with van der Waals surface area (Å²) < 4.78 is 13.4. The van der Waals surface area contributed by atoms with E-state index in [2.05, 4.69) is 81.8 Å². The lowest BCUT2D eigenvalue weighted by Crippen LogP contribution is -2.74. The van der Waals surface area contributed by atoms with Crippen molar-refractivity contribution >= 4 is 54.2 Å². The van der Waals surface area contributed by atoms with E-state index in [9.17, 15) is 24.3 Å². The van der Waals surface area contributed by atoms with Gasteiger partial charge in [0.25, 0.3) is 5.91 Å². The highest BCUT2D eigenvalue weighted by Gasteiger charge is 2.57. The van der Waals surface area contributed by atoms with Gasteiger partial charge in [0.05, 0.1) is 25.7 Å². The number of carboxylic acids is 1. The number of amides is 4. The fourth-order valence-electron chi connectivity index (χ4n) is 10.9. The second kappa shape index (κ2) is 17.0. The topological polar surface area (TPSA) is 147 Å². The first-order valence-electron chi connectivity index (χ1n) is 22.9. The van der Waals surface area contributed by atoms with Crippen molar-refractivity contribution in [3.8, 4) is 5.75 Å². The molecule has 6 aliphatic rings. The van der Waals surface area contributed by atoms with Crippen LogP contribution in [0, 0.1) is 11.3 Å². The lowest BCUT2D eigenvalue weighted by Gasteiger charge is -2.61. The molecular weight excluding hydrogens is 837 g/mol. The number of urea groups is 1. The first-order chi connectivity index (χ1) is 31.0. The zero-order valence-electron chi connectivity index (χ0n) is 38.4. The number of likely N-dealkylation sites (tertiary alicyclic amines) is 2. The number of rotatable bonds is 13. The number of carbonyl (C=O) groups is 4. The number of hydrogen-bond donors (Lipinski definition) is 2. The number of allylic oxidation sites excluding steroid dienone is 5. The van der Waals surface area contributed by atoms with Gasteiger partial charge in [-0.1, -0.05) is 43.4 Å². The van der Waals surface area contributed by atoms with Crippen molar-refractivity contribution in [3.63, 3.8) is 0 Å². The number of alkyl carbamates (subject to hydrolysis) is 1. The van der Waals surface area contributed by atoms with Gasteiger partial charge in [0, 0.05) is 68.1 Å². The second-order valence-corrected chi connectivity index (χ2v) is 24.4. The summed E-state index contributed by atoms with van der Waals surface area (Å²) in [6.45, 7) is 8.67. The van der Waals surface area contributed by atoms with Gasteiger partial charge >= 0.3 is 12.1 Å². The molecule has 0 aromatic heterocycles. The molecule has 1 saturated carbocycles. The van der Waals surface area contributed by atoms with Crippen molar-refractivity contribution in [2.75, 3.05) is 79.0 Å². The minimum atomic E-state index is -2.26. The molecule has 14 heteroatoms. The third-order valence-electron chi connectivity index (χ3n) is 14.4. The molecule has 4 fully saturated rings. The Bertz CT molecular complexity index is 2590. The summed E-state index contributed by atoms with van der Waals surface area (Å²) in [5.41, 5.74) is 6.90. The van der Waals surface area contributed by atoms with Gasteiger partial charge in [0.1, 0.15) is 40.1 Å². The van der Waals surface area contributed by atoms with Crippen LogP contribution in [-0.2, 0) is 11.2 Å². The van der Waals surface area contributed by atoms with Gasteiger partial charge in [-0.05, 0) is 119 Å². The normalized spacial score (nSPS) is 19.6.